The van der Waals surface area contributed by atoms with E-state index >= 15 is 0 Å². The number of rotatable bonds is 4. The largest absolute Gasteiger partial charge is 0.851 e. The molecule has 2 unspecified atom stereocenters. The number of para-hydroxylation sites is 1. The highest BCUT2D eigenvalue weighted by atomic mass is 35.5. The van der Waals surface area contributed by atoms with E-state index in [0.717, 1.165) is 22.5 Å². The van der Waals surface area contributed by atoms with Gasteiger partial charge in [-0.1, -0.05) is 80.1 Å². The van der Waals surface area contributed by atoms with Crippen LogP contribution in [-0.4, -0.2) is 29.0 Å². The minimum Gasteiger partial charge on any atom is -0.851 e. The highest BCUT2D eigenvalue weighted by molar-refractivity contribution is 6.30. The molecule has 0 amide bonds. The van der Waals surface area contributed by atoms with Crippen LogP contribution < -0.4 is 20.7 Å². The van der Waals surface area contributed by atoms with Crippen molar-refractivity contribution >= 4 is 17.3 Å². The number of fused-ring (bicyclic) bond motifs is 1. The van der Waals surface area contributed by atoms with Gasteiger partial charge in [0.15, 0.2) is 0 Å². The topological polar surface area (TPSA) is 87.2 Å². The van der Waals surface area contributed by atoms with Crippen LogP contribution in [0.4, 0.5) is 5.69 Å². The molecule has 4 aromatic rings. The van der Waals surface area contributed by atoms with Crippen LogP contribution in [-0.2, 0) is 5.41 Å². The lowest BCUT2D eigenvalue weighted by atomic mass is 9.64. The zero-order valence-electron chi connectivity index (χ0n) is 21.4. The third-order valence-electron chi connectivity index (χ3n) is 8.15. The number of hydrogen-bond donors (Lipinski definition) is 1. The maximum absolute atomic E-state index is 13.7. The second-order valence-corrected chi connectivity index (χ2v) is 11.1. The summed E-state index contributed by atoms with van der Waals surface area (Å²) in [6, 6.07) is 24.3. The van der Waals surface area contributed by atoms with Crippen molar-refractivity contribution < 1.29 is 10.2 Å². The lowest BCUT2D eigenvalue weighted by molar-refractivity contribution is -0.543. The minimum atomic E-state index is -1.24. The van der Waals surface area contributed by atoms with Gasteiger partial charge in [0, 0.05) is 34.4 Å². The van der Waals surface area contributed by atoms with Gasteiger partial charge in [-0.3, -0.25) is 9.89 Å². The Labute approximate surface area is 226 Å². The lowest BCUT2D eigenvalue weighted by Crippen LogP contribution is -2.65. The smallest absolute Gasteiger partial charge is 0.275 e. The molecule has 2 aliphatic rings. The van der Waals surface area contributed by atoms with Crippen LogP contribution in [0.3, 0.4) is 0 Å². The maximum atomic E-state index is 13.7. The third-order valence-corrected chi connectivity index (χ3v) is 8.38. The Morgan fingerprint density at radius 2 is 1.58 bits per heavy atom. The number of H-pyrrole nitrogens is 1. The number of aromatic amines is 1. The molecule has 194 valence electrons. The molecule has 7 heteroatoms. The monoisotopic (exact) mass is 525 g/mol. The summed E-state index contributed by atoms with van der Waals surface area (Å²) >= 11 is 6.28. The second kappa shape index (κ2) is 9.02. The fourth-order valence-corrected chi connectivity index (χ4v) is 6.23. The van der Waals surface area contributed by atoms with Crippen molar-refractivity contribution in [1.29, 1.82) is 0 Å². The van der Waals surface area contributed by atoms with Crippen LogP contribution in [0.2, 0.25) is 5.02 Å². The maximum Gasteiger partial charge on any atom is 0.275 e. The second-order valence-electron chi connectivity index (χ2n) is 10.7. The average Bonchev–Trinajstić information content (AvgIpc) is 3.34. The van der Waals surface area contributed by atoms with Crippen molar-refractivity contribution in [2.24, 2.45) is 5.92 Å². The number of likely N-dealkylation sites (N-methyl/N-ethyl adjacent to an activating group) is 1. The predicted molar refractivity (Wildman–Crippen MR) is 147 cm³/mol. The van der Waals surface area contributed by atoms with E-state index in [1.54, 1.807) is 0 Å². The van der Waals surface area contributed by atoms with Crippen LogP contribution in [0.25, 0.3) is 16.9 Å². The quantitative estimate of drug-likeness (QED) is 0.437. The van der Waals surface area contributed by atoms with Crippen molar-refractivity contribution in [3.63, 3.8) is 0 Å². The van der Waals surface area contributed by atoms with E-state index in [4.69, 9.17) is 11.6 Å². The van der Waals surface area contributed by atoms with E-state index in [2.05, 4.69) is 18.9 Å². The van der Waals surface area contributed by atoms with Gasteiger partial charge < -0.3 is 15.1 Å². The summed E-state index contributed by atoms with van der Waals surface area (Å²) in [5.41, 5.74) is 4.40. The molecule has 1 aliphatic heterocycles. The molecular formula is C31H28ClN3O3-2. The molecule has 0 bridgehead atoms. The summed E-state index contributed by atoms with van der Waals surface area (Å²) < 4.78 is 1.43. The fraction of sp³-hybridized carbons (Fsp3) is 0.258. The standard InChI is InChI=1S/C31H28ClN3O3/c1-31(2)22-16-19(32)14-15-23(22)34(3)24(31)17-21-28(36)26(29(21)37)25-27(18-10-6-4-7-11-18)33-35(30(25)38)20-12-8-5-9-13-20/h4-17,21,26,28-29,33H,1-3H3/q-2/b24-17-. The Morgan fingerprint density at radius 3 is 2.24 bits per heavy atom. The molecule has 2 atom stereocenters. The lowest BCUT2D eigenvalue weighted by Gasteiger charge is -2.60. The van der Waals surface area contributed by atoms with Crippen LogP contribution in [0.5, 0.6) is 0 Å². The van der Waals surface area contributed by atoms with Gasteiger partial charge in [0.25, 0.3) is 5.56 Å². The van der Waals surface area contributed by atoms with Crippen molar-refractivity contribution in [2.45, 2.75) is 37.4 Å². The molecule has 6 nitrogen and oxygen atoms in total. The number of anilines is 1. The number of allylic oxidation sites excluding steroid dienone is 1. The van der Waals surface area contributed by atoms with Gasteiger partial charge >= 0.3 is 0 Å². The molecule has 2 heterocycles. The highest BCUT2D eigenvalue weighted by Gasteiger charge is 2.44. The summed E-state index contributed by atoms with van der Waals surface area (Å²) in [5, 5.41) is 31.3. The van der Waals surface area contributed by atoms with E-state index in [9.17, 15) is 15.0 Å². The third kappa shape index (κ3) is 3.67. The first-order valence-electron chi connectivity index (χ1n) is 12.7. The van der Waals surface area contributed by atoms with Gasteiger partial charge in [0.1, 0.15) is 0 Å². The molecule has 1 N–H and O–H groups in total. The van der Waals surface area contributed by atoms with Crippen molar-refractivity contribution in [1.82, 2.24) is 9.78 Å². The Kier molecular flexibility index (Phi) is 5.87. The molecule has 0 spiro atoms. The first-order chi connectivity index (χ1) is 18.2. The van der Waals surface area contributed by atoms with E-state index in [1.165, 1.54) is 4.68 Å². The molecule has 0 radical (unpaired) electrons. The van der Waals surface area contributed by atoms with Gasteiger partial charge in [0.05, 0.1) is 11.4 Å². The summed E-state index contributed by atoms with van der Waals surface area (Å²) in [4.78, 5) is 15.7. The predicted octanol–water partition coefficient (Wildman–Crippen LogP) is 3.97. The van der Waals surface area contributed by atoms with E-state index in [1.807, 2.05) is 96.9 Å². The van der Waals surface area contributed by atoms with Crippen molar-refractivity contribution in [3.8, 4) is 16.9 Å². The zero-order chi connectivity index (χ0) is 26.8. The van der Waals surface area contributed by atoms with Crippen LogP contribution >= 0.6 is 11.6 Å². The first-order valence-corrected chi connectivity index (χ1v) is 13.1. The molecule has 6 rings (SSSR count). The number of nitrogens with zero attached hydrogens (tertiary/aromatic N) is 2. The van der Waals surface area contributed by atoms with Gasteiger partial charge in [-0.2, -0.15) is 0 Å². The average molecular weight is 526 g/mol. The van der Waals surface area contributed by atoms with E-state index in [0.29, 0.717) is 16.4 Å². The van der Waals surface area contributed by atoms with Gasteiger partial charge in [-0.05, 0) is 53.3 Å². The molecule has 3 aromatic carbocycles. The van der Waals surface area contributed by atoms with Crippen LogP contribution in [0.1, 0.15) is 30.9 Å². The van der Waals surface area contributed by atoms with Gasteiger partial charge in [-0.15, -0.1) is 12.2 Å². The Balaban J connectivity index is 1.40. The normalized spacial score (nSPS) is 24.9. The van der Waals surface area contributed by atoms with Gasteiger partial charge in [0.2, 0.25) is 0 Å². The Bertz CT molecular complexity index is 1580. The minimum absolute atomic E-state index is 0.267. The SMILES string of the molecule is CN1/C(=C\C2C([O-])C(c3c(-c4ccccc4)[nH]n(-c4ccccc4)c3=O)C2[O-])C(C)(C)c2cc(Cl)ccc21. The Morgan fingerprint density at radius 1 is 0.947 bits per heavy atom. The number of hydrogen-bond acceptors (Lipinski definition) is 4. The van der Waals surface area contributed by atoms with E-state index in [-0.39, 0.29) is 11.1 Å². The fourth-order valence-electron chi connectivity index (χ4n) is 6.06. The molecule has 1 fully saturated rings. The molecular weight excluding hydrogens is 498 g/mol. The summed E-state index contributed by atoms with van der Waals surface area (Å²) in [6.07, 6.45) is -0.641. The molecule has 1 aliphatic carbocycles. The number of nitrogens with one attached hydrogen (secondary N) is 1. The van der Waals surface area contributed by atoms with Crippen LogP contribution in [0.15, 0.2) is 95.4 Å². The molecule has 38 heavy (non-hydrogen) atoms. The van der Waals surface area contributed by atoms with Crippen molar-refractivity contribution in [3.05, 3.63) is 117 Å². The van der Waals surface area contributed by atoms with E-state index < -0.39 is 29.5 Å². The summed E-state index contributed by atoms with van der Waals surface area (Å²) in [5.74, 6) is -1.70. The highest BCUT2D eigenvalue weighted by Crippen LogP contribution is 2.50. The van der Waals surface area contributed by atoms with Crippen molar-refractivity contribution in [2.75, 3.05) is 11.9 Å². The number of aromatic nitrogens is 2. The van der Waals surface area contributed by atoms with Crippen LogP contribution in [0, 0.1) is 5.92 Å². The number of benzene rings is 3. The Hall–Kier alpha value is -3.58. The summed E-state index contributed by atoms with van der Waals surface area (Å²) in [7, 11) is 1.95. The van der Waals surface area contributed by atoms with Gasteiger partial charge in [-0.25, -0.2) is 4.68 Å². The summed E-state index contributed by atoms with van der Waals surface area (Å²) in [6.45, 7) is 4.15. The zero-order valence-corrected chi connectivity index (χ0v) is 22.1. The molecule has 1 saturated carbocycles. The molecule has 1 aromatic heterocycles. The first kappa shape index (κ1) is 24.7. The molecule has 0 saturated heterocycles. The number of halogens is 1.